The third-order valence-corrected chi connectivity index (χ3v) is 3.20. The van der Waals surface area contributed by atoms with Gasteiger partial charge in [0.05, 0.1) is 16.7 Å². The number of nitrogens with zero attached hydrogens (tertiary/aromatic N) is 1. The fourth-order valence-corrected chi connectivity index (χ4v) is 2.20. The smallest absolute Gasteiger partial charge is 0.262 e. The third kappa shape index (κ3) is 2.23. The molecule has 2 aromatic rings. The van der Waals surface area contributed by atoms with Gasteiger partial charge in [0.25, 0.3) is 11.8 Å². The molecule has 0 spiro atoms. The lowest BCUT2D eigenvalue weighted by atomic mass is 10.0. The van der Waals surface area contributed by atoms with Gasteiger partial charge in [0.2, 0.25) is 0 Å². The Balaban J connectivity index is 2.00. The summed E-state index contributed by atoms with van der Waals surface area (Å²) in [4.78, 5) is 23.5. The molecule has 2 aromatic carbocycles. The molecule has 0 aliphatic carbocycles. The van der Waals surface area contributed by atoms with Crippen molar-refractivity contribution in [2.75, 3.05) is 0 Å². The summed E-state index contributed by atoms with van der Waals surface area (Å²) in [5.74, 6) is -0.846. The second-order valence-electron chi connectivity index (χ2n) is 4.53. The lowest BCUT2D eigenvalue weighted by Gasteiger charge is -2.10. The number of fused-ring (bicyclic) bond motifs is 1. The maximum atomic E-state index is 11.9. The molecule has 0 fully saturated rings. The highest BCUT2D eigenvalue weighted by Gasteiger charge is 2.32. The number of nitrogens with one attached hydrogen (secondary N) is 1. The van der Waals surface area contributed by atoms with Gasteiger partial charge < -0.3 is 4.74 Å². The Kier molecular flexibility index (Phi) is 3.13. The van der Waals surface area contributed by atoms with Crippen LogP contribution in [0.2, 0.25) is 0 Å². The van der Waals surface area contributed by atoms with Gasteiger partial charge in [-0.15, -0.1) is 0 Å². The average Bonchev–Trinajstić information content (AvgIpc) is 2.81. The molecule has 21 heavy (non-hydrogen) atoms. The maximum absolute atomic E-state index is 11.9. The lowest BCUT2D eigenvalue weighted by molar-refractivity contribution is 0.0878. The second-order valence-corrected chi connectivity index (χ2v) is 4.53. The second kappa shape index (κ2) is 5.10. The van der Waals surface area contributed by atoms with E-state index in [1.54, 1.807) is 0 Å². The summed E-state index contributed by atoms with van der Waals surface area (Å²) in [6.45, 7) is 0.216. The maximum Gasteiger partial charge on any atom is 0.262 e. The van der Waals surface area contributed by atoms with Crippen molar-refractivity contribution in [3.05, 3.63) is 64.7 Å². The van der Waals surface area contributed by atoms with Crippen LogP contribution in [0.4, 0.5) is 0 Å². The molecule has 2 amide bonds. The summed E-state index contributed by atoms with van der Waals surface area (Å²) >= 11 is 0. The minimum Gasteiger partial charge on any atom is -0.487 e. The number of benzene rings is 2. The van der Waals surface area contributed by atoms with Crippen LogP contribution in [0.25, 0.3) is 0 Å². The van der Waals surface area contributed by atoms with Crippen molar-refractivity contribution in [1.82, 2.24) is 5.32 Å². The monoisotopic (exact) mass is 278 g/mol. The first-order chi connectivity index (χ1) is 10.2. The summed E-state index contributed by atoms with van der Waals surface area (Å²) in [5, 5.41) is 11.4. The van der Waals surface area contributed by atoms with Crippen LogP contribution in [0.5, 0.6) is 5.75 Å². The first-order valence-electron chi connectivity index (χ1n) is 6.30. The van der Waals surface area contributed by atoms with Crippen molar-refractivity contribution in [3.63, 3.8) is 0 Å². The average molecular weight is 278 g/mol. The van der Waals surface area contributed by atoms with Crippen LogP contribution in [0.3, 0.4) is 0 Å². The molecular formula is C16H10N2O3. The number of rotatable bonds is 3. The van der Waals surface area contributed by atoms with E-state index in [0.29, 0.717) is 0 Å². The summed E-state index contributed by atoms with van der Waals surface area (Å²) in [7, 11) is 0. The Morgan fingerprint density at radius 3 is 2.52 bits per heavy atom. The molecule has 3 rings (SSSR count). The number of hydrogen-bond acceptors (Lipinski definition) is 4. The number of amides is 2. The van der Waals surface area contributed by atoms with E-state index in [0.717, 1.165) is 5.56 Å². The van der Waals surface area contributed by atoms with Crippen LogP contribution < -0.4 is 10.1 Å². The fourth-order valence-electron chi connectivity index (χ4n) is 2.20. The first kappa shape index (κ1) is 12.9. The molecule has 1 N–H and O–H groups in total. The van der Waals surface area contributed by atoms with E-state index in [2.05, 4.69) is 5.32 Å². The molecule has 0 saturated carbocycles. The molecular weight excluding hydrogens is 268 g/mol. The SMILES string of the molecule is N#Cc1ccc2c(c1OCc1ccccc1)C(=O)NC2=O. The molecule has 5 heteroatoms. The predicted molar refractivity (Wildman–Crippen MR) is 73.7 cm³/mol. The van der Waals surface area contributed by atoms with Gasteiger partial charge >= 0.3 is 0 Å². The largest absolute Gasteiger partial charge is 0.487 e. The van der Waals surface area contributed by atoms with E-state index >= 15 is 0 Å². The molecule has 0 unspecified atom stereocenters. The van der Waals surface area contributed by atoms with Gasteiger partial charge in [0, 0.05) is 0 Å². The van der Waals surface area contributed by atoms with Gasteiger partial charge in [0.15, 0.2) is 5.75 Å². The number of carbonyl (C=O) groups is 2. The Morgan fingerprint density at radius 2 is 1.81 bits per heavy atom. The van der Waals surface area contributed by atoms with Crippen molar-refractivity contribution in [3.8, 4) is 11.8 Å². The van der Waals surface area contributed by atoms with Crippen molar-refractivity contribution in [2.45, 2.75) is 6.61 Å². The van der Waals surface area contributed by atoms with Crippen molar-refractivity contribution >= 4 is 11.8 Å². The highest BCUT2D eigenvalue weighted by molar-refractivity contribution is 6.23. The normalized spacial score (nSPS) is 12.5. The number of imide groups is 1. The van der Waals surface area contributed by atoms with Crippen LogP contribution >= 0.6 is 0 Å². The van der Waals surface area contributed by atoms with Crippen LogP contribution in [0.15, 0.2) is 42.5 Å². The van der Waals surface area contributed by atoms with Gasteiger partial charge in [-0.1, -0.05) is 30.3 Å². The topological polar surface area (TPSA) is 79.2 Å². The third-order valence-electron chi connectivity index (χ3n) is 3.20. The zero-order chi connectivity index (χ0) is 14.8. The highest BCUT2D eigenvalue weighted by Crippen LogP contribution is 2.30. The van der Waals surface area contributed by atoms with Crippen molar-refractivity contribution < 1.29 is 14.3 Å². The molecule has 1 aliphatic heterocycles. The fraction of sp³-hybridized carbons (Fsp3) is 0.0625. The Bertz CT molecular complexity index is 776. The first-order valence-corrected chi connectivity index (χ1v) is 6.30. The van der Waals surface area contributed by atoms with Crippen LogP contribution in [0, 0.1) is 11.3 Å². The Labute approximate surface area is 120 Å². The molecule has 5 nitrogen and oxygen atoms in total. The number of carbonyl (C=O) groups excluding carboxylic acids is 2. The van der Waals surface area contributed by atoms with E-state index in [1.165, 1.54) is 12.1 Å². The lowest BCUT2D eigenvalue weighted by Crippen LogP contribution is -2.20. The minimum atomic E-state index is -0.532. The van der Waals surface area contributed by atoms with Crippen LogP contribution in [-0.4, -0.2) is 11.8 Å². The molecule has 1 aliphatic rings. The standard InChI is InChI=1S/C16H10N2O3/c17-8-11-6-7-12-13(16(20)18-15(12)19)14(11)21-9-10-4-2-1-3-5-10/h1-7H,9H2,(H,18,19,20). The van der Waals surface area contributed by atoms with Crippen molar-refractivity contribution in [1.29, 1.82) is 5.26 Å². The van der Waals surface area contributed by atoms with E-state index in [1.807, 2.05) is 36.4 Å². The predicted octanol–water partition coefficient (Wildman–Crippen LogP) is 2.02. The van der Waals surface area contributed by atoms with E-state index in [9.17, 15) is 9.59 Å². The molecule has 0 bridgehead atoms. The van der Waals surface area contributed by atoms with E-state index in [-0.39, 0.29) is 29.0 Å². The molecule has 1 heterocycles. The van der Waals surface area contributed by atoms with Gasteiger partial charge in [-0.2, -0.15) is 5.26 Å². The summed E-state index contributed by atoms with van der Waals surface area (Å²) in [6, 6.07) is 14.3. The molecule has 0 saturated heterocycles. The van der Waals surface area contributed by atoms with Crippen LogP contribution in [-0.2, 0) is 6.61 Å². The van der Waals surface area contributed by atoms with Gasteiger partial charge in [-0.05, 0) is 17.7 Å². The Morgan fingerprint density at radius 1 is 1.05 bits per heavy atom. The number of ether oxygens (including phenoxy) is 1. The summed E-state index contributed by atoms with van der Waals surface area (Å²) < 4.78 is 5.64. The summed E-state index contributed by atoms with van der Waals surface area (Å²) in [5.41, 5.74) is 1.51. The number of nitriles is 1. The zero-order valence-electron chi connectivity index (χ0n) is 10.9. The molecule has 0 aromatic heterocycles. The molecule has 102 valence electrons. The quantitative estimate of drug-likeness (QED) is 0.871. The zero-order valence-corrected chi connectivity index (χ0v) is 10.9. The van der Waals surface area contributed by atoms with E-state index < -0.39 is 11.8 Å². The molecule has 0 radical (unpaired) electrons. The van der Waals surface area contributed by atoms with Crippen molar-refractivity contribution in [2.24, 2.45) is 0 Å². The van der Waals surface area contributed by atoms with Gasteiger partial charge in [-0.3, -0.25) is 14.9 Å². The van der Waals surface area contributed by atoms with Gasteiger partial charge in [0.1, 0.15) is 12.7 Å². The molecule has 0 atom stereocenters. The van der Waals surface area contributed by atoms with E-state index in [4.69, 9.17) is 10.00 Å². The van der Waals surface area contributed by atoms with Gasteiger partial charge in [-0.25, -0.2) is 0 Å². The highest BCUT2D eigenvalue weighted by atomic mass is 16.5. The minimum absolute atomic E-state index is 0.134. The Hall–Kier alpha value is -3.13. The summed E-state index contributed by atoms with van der Waals surface area (Å²) in [6.07, 6.45) is 0. The number of hydrogen-bond donors (Lipinski definition) is 1. The van der Waals surface area contributed by atoms with Crippen LogP contribution in [0.1, 0.15) is 31.8 Å².